The third kappa shape index (κ3) is 3.72. The van der Waals surface area contributed by atoms with E-state index in [0.29, 0.717) is 11.3 Å². The van der Waals surface area contributed by atoms with Gasteiger partial charge in [0.15, 0.2) is 0 Å². The summed E-state index contributed by atoms with van der Waals surface area (Å²) in [5, 5.41) is 5.07. The van der Waals surface area contributed by atoms with E-state index in [0.717, 1.165) is 5.56 Å². The SMILES string of the molecule is O=C1Cc2cc(C(=O)NCCCC(F)(F)F)ccc2N1. The molecule has 1 aliphatic rings. The van der Waals surface area contributed by atoms with Crippen LogP contribution in [0, 0.1) is 0 Å². The average molecular weight is 286 g/mol. The summed E-state index contributed by atoms with van der Waals surface area (Å²) in [6.07, 6.45) is -5.06. The molecule has 0 saturated heterocycles. The molecule has 0 saturated carbocycles. The molecule has 1 aliphatic heterocycles. The third-order valence-corrected chi connectivity index (χ3v) is 2.92. The van der Waals surface area contributed by atoms with Gasteiger partial charge >= 0.3 is 6.18 Å². The molecular formula is C13H13F3N2O2. The number of alkyl halides is 3. The molecule has 2 rings (SSSR count). The molecule has 0 spiro atoms. The van der Waals surface area contributed by atoms with Gasteiger partial charge in [-0.1, -0.05) is 0 Å². The summed E-state index contributed by atoms with van der Waals surface area (Å²) in [6, 6.07) is 4.72. The van der Waals surface area contributed by atoms with Gasteiger partial charge in [0, 0.05) is 24.2 Å². The van der Waals surface area contributed by atoms with Gasteiger partial charge in [-0.25, -0.2) is 0 Å². The summed E-state index contributed by atoms with van der Waals surface area (Å²) in [4.78, 5) is 22.9. The van der Waals surface area contributed by atoms with E-state index >= 15 is 0 Å². The largest absolute Gasteiger partial charge is 0.389 e. The van der Waals surface area contributed by atoms with Crippen molar-refractivity contribution in [2.75, 3.05) is 11.9 Å². The Morgan fingerprint density at radius 3 is 2.80 bits per heavy atom. The number of carbonyl (C=O) groups excluding carboxylic acids is 2. The maximum Gasteiger partial charge on any atom is 0.389 e. The predicted octanol–water partition coefficient (Wildman–Crippen LogP) is 2.25. The Kier molecular flexibility index (Phi) is 3.96. The topological polar surface area (TPSA) is 58.2 Å². The van der Waals surface area contributed by atoms with Gasteiger partial charge in [-0.3, -0.25) is 9.59 Å². The fourth-order valence-corrected chi connectivity index (χ4v) is 1.96. The number of nitrogens with one attached hydrogen (secondary N) is 2. The number of carbonyl (C=O) groups is 2. The maximum atomic E-state index is 11.9. The second-order valence-corrected chi connectivity index (χ2v) is 4.57. The van der Waals surface area contributed by atoms with Crippen molar-refractivity contribution in [1.82, 2.24) is 5.32 Å². The zero-order valence-corrected chi connectivity index (χ0v) is 10.5. The molecule has 20 heavy (non-hydrogen) atoms. The van der Waals surface area contributed by atoms with Gasteiger partial charge in [0.25, 0.3) is 5.91 Å². The second kappa shape index (κ2) is 5.52. The van der Waals surface area contributed by atoms with Crippen LogP contribution in [0.25, 0.3) is 0 Å². The Labute approximate surface area is 113 Å². The summed E-state index contributed by atoms with van der Waals surface area (Å²) >= 11 is 0. The first-order chi connectivity index (χ1) is 9.35. The number of fused-ring (bicyclic) bond motifs is 1. The van der Waals surface area contributed by atoms with Gasteiger partial charge in [0.2, 0.25) is 5.91 Å². The van der Waals surface area contributed by atoms with E-state index < -0.39 is 18.5 Å². The van der Waals surface area contributed by atoms with Crippen LogP contribution in [-0.2, 0) is 11.2 Å². The molecule has 108 valence electrons. The first-order valence-corrected chi connectivity index (χ1v) is 6.13. The molecule has 0 radical (unpaired) electrons. The molecular weight excluding hydrogens is 273 g/mol. The Balaban J connectivity index is 1.88. The fourth-order valence-electron chi connectivity index (χ4n) is 1.96. The highest BCUT2D eigenvalue weighted by Crippen LogP contribution is 2.24. The monoisotopic (exact) mass is 286 g/mol. The van der Waals surface area contributed by atoms with Crippen molar-refractivity contribution in [3.05, 3.63) is 29.3 Å². The van der Waals surface area contributed by atoms with Crippen molar-refractivity contribution in [2.24, 2.45) is 0 Å². The van der Waals surface area contributed by atoms with Crippen LogP contribution in [0.15, 0.2) is 18.2 Å². The summed E-state index contributed by atoms with van der Waals surface area (Å²) in [5.41, 5.74) is 1.73. The first kappa shape index (κ1) is 14.4. The maximum absolute atomic E-state index is 11.9. The van der Waals surface area contributed by atoms with Gasteiger partial charge in [0.1, 0.15) is 0 Å². The Hall–Kier alpha value is -2.05. The van der Waals surface area contributed by atoms with E-state index in [1.807, 2.05) is 0 Å². The molecule has 0 aliphatic carbocycles. The lowest BCUT2D eigenvalue weighted by Crippen LogP contribution is -2.25. The molecule has 0 atom stereocenters. The predicted molar refractivity (Wildman–Crippen MR) is 66.4 cm³/mol. The molecule has 1 heterocycles. The third-order valence-electron chi connectivity index (χ3n) is 2.92. The van der Waals surface area contributed by atoms with Crippen LogP contribution in [-0.4, -0.2) is 24.5 Å². The number of rotatable bonds is 4. The van der Waals surface area contributed by atoms with Gasteiger partial charge in [-0.05, 0) is 30.2 Å². The molecule has 7 heteroatoms. The minimum Gasteiger partial charge on any atom is -0.352 e. The molecule has 1 aromatic carbocycles. The van der Waals surface area contributed by atoms with Gasteiger partial charge in [-0.2, -0.15) is 13.2 Å². The van der Waals surface area contributed by atoms with E-state index in [-0.39, 0.29) is 25.3 Å². The van der Waals surface area contributed by atoms with Crippen LogP contribution < -0.4 is 10.6 Å². The highest BCUT2D eigenvalue weighted by atomic mass is 19.4. The lowest BCUT2D eigenvalue weighted by atomic mass is 10.1. The summed E-state index contributed by atoms with van der Waals surface area (Å²) in [7, 11) is 0. The quantitative estimate of drug-likeness (QED) is 0.834. The summed E-state index contributed by atoms with van der Waals surface area (Å²) in [6.45, 7) is -0.0351. The van der Waals surface area contributed by atoms with Crippen molar-refractivity contribution in [2.45, 2.75) is 25.4 Å². The zero-order chi connectivity index (χ0) is 14.8. The molecule has 0 fully saturated rings. The lowest BCUT2D eigenvalue weighted by Gasteiger charge is -2.08. The van der Waals surface area contributed by atoms with E-state index in [2.05, 4.69) is 10.6 Å². The molecule has 0 aromatic heterocycles. The van der Waals surface area contributed by atoms with Crippen LogP contribution >= 0.6 is 0 Å². The molecule has 4 nitrogen and oxygen atoms in total. The van der Waals surface area contributed by atoms with E-state index in [9.17, 15) is 22.8 Å². The highest BCUT2D eigenvalue weighted by molar-refractivity contribution is 6.01. The van der Waals surface area contributed by atoms with Crippen LogP contribution in [0.2, 0.25) is 0 Å². The summed E-state index contributed by atoms with van der Waals surface area (Å²) < 4.78 is 35.8. The number of anilines is 1. The molecule has 2 N–H and O–H groups in total. The van der Waals surface area contributed by atoms with Crippen molar-refractivity contribution in [1.29, 1.82) is 0 Å². The van der Waals surface area contributed by atoms with Crippen molar-refractivity contribution >= 4 is 17.5 Å². The normalized spacial score (nSPS) is 13.8. The molecule has 1 aromatic rings. The first-order valence-electron chi connectivity index (χ1n) is 6.13. The fraction of sp³-hybridized carbons (Fsp3) is 0.385. The lowest BCUT2D eigenvalue weighted by molar-refractivity contribution is -0.135. The Morgan fingerprint density at radius 1 is 1.35 bits per heavy atom. The van der Waals surface area contributed by atoms with Crippen molar-refractivity contribution in [3.63, 3.8) is 0 Å². The highest BCUT2D eigenvalue weighted by Gasteiger charge is 2.26. The van der Waals surface area contributed by atoms with Gasteiger partial charge < -0.3 is 10.6 Å². The Morgan fingerprint density at radius 2 is 2.10 bits per heavy atom. The molecule has 0 bridgehead atoms. The number of amides is 2. The minimum absolute atomic E-state index is 0.0351. The van der Waals surface area contributed by atoms with Crippen LogP contribution in [0.5, 0.6) is 0 Å². The van der Waals surface area contributed by atoms with E-state index in [4.69, 9.17) is 0 Å². The van der Waals surface area contributed by atoms with Crippen molar-refractivity contribution < 1.29 is 22.8 Å². The van der Waals surface area contributed by atoms with E-state index in [1.54, 1.807) is 12.1 Å². The summed E-state index contributed by atoms with van der Waals surface area (Å²) in [5.74, 6) is -0.572. The smallest absolute Gasteiger partial charge is 0.352 e. The van der Waals surface area contributed by atoms with Crippen LogP contribution in [0.1, 0.15) is 28.8 Å². The Bertz CT molecular complexity index is 541. The number of hydrogen-bond acceptors (Lipinski definition) is 2. The van der Waals surface area contributed by atoms with Crippen molar-refractivity contribution in [3.8, 4) is 0 Å². The number of hydrogen-bond donors (Lipinski definition) is 2. The van der Waals surface area contributed by atoms with Crippen LogP contribution in [0.4, 0.5) is 18.9 Å². The minimum atomic E-state index is -4.20. The van der Waals surface area contributed by atoms with Gasteiger partial charge in [0.05, 0.1) is 6.42 Å². The van der Waals surface area contributed by atoms with Gasteiger partial charge in [-0.15, -0.1) is 0 Å². The van der Waals surface area contributed by atoms with Crippen LogP contribution in [0.3, 0.4) is 0 Å². The number of halogens is 3. The standard InChI is InChI=1S/C13H13F3N2O2/c14-13(15,16)4-1-5-17-12(20)8-2-3-10-9(6-8)7-11(19)18-10/h2-3,6H,1,4-5,7H2,(H,17,20)(H,18,19). The van der Waals surface area contributed by atoms with E-state index in [1.165, 1.54) is 6.07 Å². The molecule has 0 unspecified atom stereocenters. The molecule has 2 amide bonds. The number of benzene rings is 1. The zero-order valence-electron chi connectivity index (χ0n) is 10.5. The average Bonchev–Trinajstić information content (AvgIpc) is 2.72. The second-order valence-electron chi connectivity index (χ2n) is 4.57.